The summed E-state index contributed by atoms with van der Waals surface area (Å²) in [5.74, 6) is -1.23. The molecule has 1 aliphatic heterocycles. The van der Waals surface area contributed by atoms with E-state index >= 15 is 0 Å². The number of aliphatic hydroxyl groups excluding tert-OH is 1. The third kappa shape index (κ3) is 5.93. The predicted molar refractivity (Wildman–Crippen MR) is 142 cm³/mol. The number of imide groups is 1. The van der Waals surface area contributed by atoms with Crippen molar-refractivity contribution in [3.05, 3.63) is 99.6 Å². The Morgan fingerprint density at radius 1 is 0.947 bits per heavy atom. The summed E-state index contributed by atoms with van der Waals surface area (Å²) >= 11 is 6.32. The summed E-state index contributed by atoms with van der Waals surface area (Å²) in [6, 6.07) is 17.2. The second-order valence-corrected chi connectivity index (χ2v) is 9.64. The number of hydrogen-bond donors (Lipinski definition) is 2. The molecule has 8 nitrogen and oxygen atoms in total. The summed E-state index contributed by atoms with van der Waals surface area (Å²) in [6.07, 6.45) is 0.185. The number of amides is 3. The second-order valence-electron chi connectivity index (χ2n) is 9.23. The van der Waals surface area contributed by atoms with Crippen molar-refractivity contribution in [1.29, 1.82) is 0 Å². The van der Waals surface area contributed by atoms with E-state index in [0.717, 1.165) is 10.5 Å². The molecule has 2 N–H and O–H groups in total. The number of ketones is 1. The van der Waals surface area contributed by atoms with Gasteiger partial charge in [-0.05, 0) is 56.2 Å². The van der Waals surface area contributed by atoms with E-state index in [2.05, 4.69) is 5.32 Å². The van der Waals surface area contributed by atoms with Crippen LogP contribution in [0, 0.1) is 0 Å². The van der Waals surface area contributed by atoms with Gasteiger partial charge < -0.3 is 15.2 Å². The van der Waals surface area contributed by atoms with Crippen molar-refractivity contribution in [3.8, 4) is 5.75 Å². The number of aliphatic hydroxyl groups is 1. The van der Waals surface area contributed by atoms with Gasteiger partial charge in [-0.1, -0.05) is 48.0 Å². The SMILES string of the molecule is CC(C)Oc1ccc(C(=O)N[C@@H](Cc2ccc(C(=O)CO)cc2)CN2C(=O)c3ccccc3C2=O)cc1Cl. The molecule has 0 aliphatic carbocycles. The molecule has 3 aromatic rings. The first-order chi connectivity index (χ1) is 18.2. The van der Waals surface area contributed by atoms with Crippen molar-refractivity contribution in [3.63, 3.8) is 0 Å². The van der Waals surface area contributed by atoms with E-state index in [1.54, 1.807) is 60.7 Å². The van der Waals surface area contributed by atoms with Gasteiger partial charge in [-0.3, -0.25) is 24.1 Å². The van der Waals surface area contributed by atoms with E-state index in [9.17, 15) is 19.2 Å². The fraction of sp³-hybridized carbons (Fsp3) is 0.241. The summed E-state index contributed by atoms with van der Waals surface area (Å²) in [5.41, 5.74) is 2.06. The molecule has 0 saturated heterocycles. The largest absolute Gasteiger partial charge is 0.489 e. The Morgan fingerprint density at radius 2 is 1.55 bits per heavy atom. The summed E-state index contributed by atoms with van der Waals surface area (Å²) in [5, 5.41) is 12.3. The highest BCUT2D eigenvalue weighted by Crippen LogP contribution is 2.27. The van der Waals surface area contributed by atoms with Crippen LogP contribution < -0.4 is 10.1 Å². The number of carbonyl (C=O) groups excluding carboxylic acids is 4. The summed E-state index contributed by atoms with van der Waals surface area (Å²) in [7, 11) is 0. The quantitative estimate of drug-likeness (QED) is 0.301. The predicted octanol–water partition coefficient (Wildman–Crippen LogP) is 3.94. The summed E-state index contributed by atoms with van der Waals surface area (Å²) < 4.78 is 5.63. The van der Waals surface area contributed by atoms with Crippen LogP contribution in [0.5, 0.6) is 5.75 Å². The Kier molecular flexibility index (Phi) is 8.24. The van der Waals surface area contributed by atoms with E-state index in [4.69, 9.17) is 21.4 Å². The molecule has 0 saturated carbocycles. The molecule has 0 unspecified atom stereocenters. The molecule has 0 radical (unpaired) electrons. The molecule has 0 aromatic heterocycles. The highest BCUT2D eigenvalue weighted by atomic mass is 35.5. The summed E-state index contributed by atoms with van der Waals surface area (Å²) in [6.45, 7) is 3.08. The first kappa shape index (κ1) is 27.0. The van der Waals surface area contributed by atoms with Crippen LogP contribution in [0.4, 0.5) is 0 Å². The maximum absolute atomic E-state index is 13.2. The van der Waals surface area contributed by atoms with Gasteiger partial charge in [0.05, 0.1) is 28.3 Å². The van der Waals surface area contributed by atoms with Gasteiger partial charge in [0.1, 0.15) is 12.4 Å². The monoisotopic (exact) mass is 534 g/mol. The van der Waals surface area contributed by atoms with Gasteiger partial charge in [0.15, 0.2) is 5.78 Å². The number of hydrogen-bond acceptors (Lipinski definition) is 6. The molecule has 0 spiro atoms. The zero-order chi connectivity index (χ0) is 27.4. The van der Waals surface area contributed by atoms with Crippen LogP contribution in [0.2, 0.25) is 5.02 Å². The molecule has 3 aromatic carbocycles. The lowest BCUT2D eigenvalue weighted by molar-refractivity contribution is 0.0628. The number of halogens is 1. The van der Waals surface area contributed by atoms with Crippen molar-refractivity contribution >= 4 is 35.1 Å². The maximum atomic E-state index is 13.2. The topological polar surface area (TPSA) is 113 Å². The Balaban J connectivity index is 1.57. The smallest absolute Gasteiger partial charge is 0.261 e. The third-order valence-corrected chi connectivity index (χ3v) is 6.37. The molecule has 1 heterocycles. The molecule has 4 rings (SSSR count). The van der Waals surface area contributed by atoms with Crippen molar-refractivity contribution < 1.29 is 29.0 Å². The molecule has 1 atom stereocenters. The van der Waals surface area contributed by atoms with E-state index in [-0.39, 0.29) is 24.1 Å². The average Bonchev–Trinajstić information content (AvgIpc) is 3.14. The lowest BCUT2D eigenvalue weighted by Crippen LogP contribution is -2.47. The van der Waals surface area contributed by atoms with E-state index in [1.807, 2.05) is 13.8 Å². The normalized spacial score (nSPS) is 13.4. The Morgan fingerprint density at radius 3 is 2.11 bits per heavy atom. The van der Waals surface area contributed by atoms with Crippen LogP contribution in [-0.4, -0.2) is 58.8 Å². The first-order valence-electron chi connectivity index (χ1n) is 12.1. The Hall–Kier alpha value is -4.01. The third-order valence-electron chi connectivity index (χ3n) is 6.07. The molecular weight excluding hydrogens is 508 g/mol. The minimum atomic E-state index is -0.644. The highest BCUT2D eigenvalue weighted by Gasteiger charge is 2.36. The standard InChI is InChI=1S/C29H27ClN2O6/c1-17(2)38-26-12-11-20(14-24(26)30)27(35)31-21(13-18-7-9-19(10-8-18)25(34)16-33)15-32-28(36)22-5-3-4-6-23(22)29(32)37/h3-12,14,17,21,33H,13,15-16H2,1-2H3,(H,31,35)/t21-/m0/s1. The van der Waals surface area contributed by atoms with Crippen LogP contribution in [0.25, 0.3) is 0 Å². The fourth-order valence-corrected chi connectivity index (χ4v) is 4.47. The van der Waals surface area contributed by atoms with E-state index in [1.165, 1.54) is 6.07 Å². The van der Waals surface area contributed by atoms with Crippen molar-refractivity contribution in [1.82, 2.24) is 10.2 Å². The Bertz CT molecular complexity index is 1350. The van der Waals surface area contributed by atoms with Crippen LogP contribution in [0.3, 0.4) is 0 Å². The number of Topliss-reactive ketones (excluding diaryl/α,β-unsaturated/α-hetero) is 1. The number of carbonyl (C=O) groups is 4. The molecule has 9 heteroatoms. The zero-order valence-corrected chi connectivity index (χ0v) is 21.7. The van der Waals surface area contributed by atoms with E-state index in [0.29, 0.717) is 28.0 Å². The van der Waals surface area contributed by atoms with Crippen LogP contribution in [-0.2, 0) is 6.42 Å². The van der Waals surface area contributed by atoms with Crippen molar-refractivity contribution in [2.75, 3.05) is 13.2 Å². The Labute approximate surface area is 225 Å². The minimum Gasteiger partial charge on any atom is -0.489 e. The van der Waals surface area contributed by atoms with Crippen LogP contribution in [0.1, 0.15) is 60.8 Å². The lowest BCUT2D eigenvalue weighted by atomic mass is 10.0. The van der Waals surface area contributed by atoms with Crippen molar-refractivity contribution in [2.24, 2.45) is 0 Å². The highest BCUT2D eigenvalue weighted by molar-refractivity contribution is 6.32. The zero-order valence-electron chi connectivity index (χ0n) is 20.9. The van der Waals surface area contributed by atoms with Gasteiger partial charge in [0.25, 0.3) is 17.7 Å². The average molecular weight is 535 g/mol. The van der Waals surface area contributed by atoms with Gasteiger partial charge >= 0.3 is 0 Å². The van der Waals surface area contributed by atoms with Crippen LogP contribution >= 0.6 is 11.6 Å². The number of nitrogens with zero attached hydrogens (tertiary/aromatic N) is 1. The lowest BCUT2D eigenvalue weighted by Gasteiger charge is -2.24. The molecule has 0 bridgehead atoms. The number of ether oxygens (including phenoxy) is 1. The maximum Gasteiger partial charge on any atom is 0.261 e. The van der Waals surface area contributed by atoms with Gasteiger partial charge in [-0.15, -0.1) is 0 Å². The number of benzene rings is 3. The van der Waals surface area contributed by atoms with Gasteiger partial charge in [-0.2, -0.15) is 0 Å². The number of rotatable bonds is 10. The van der Waals surface area contributed by atoms with E-state index < -0.39 is 36.2 Å². The number of nitrogens with one attached hydrogen (secondary N) is 1. The molecule has 3 amide bonds. The van der Waals surface area contributed by atoms with Crippen LogP contribution in [0.15, 0.2) is 66.7 Å². The molecule has 38 heavy (non-hydrogen) atoms. The molecule has 1 aliphatic rings. The second kappa shape index (κ2) is 11.6. The molecular formula is C29H27ClN2O6. The fourth-order valence-electron chi connectivity index (χ4n) is 4.25. The molecule has 0 fully saturated rings. The van der Waals surface area contributed by atoms with Gasteiger partial charge in [0.2, 0.25) is 0 Å². The first-order valence-corrected chi connectivity index (χ1v) is 12.5. The van der Waals surface area contributed by atoms with Gasteiger partial charge in [0, 0.05) is 17.7 Å². The number of fused-ring (bicyclic) bond motifs is 1. The molecule has 196 valence electrons. The van der Waals surface area contributed by atoms with Gasteiger partial charge in [-0.25, -0.2) is 0 Å². The van der Waals surface area contributed by atoms with Crippen molar-refractivity contribution in [2.45, 2.75) is 32.4 Å². The summed E-state index contributed by atoms with van der Waals surface area (Å²) in [4.78, 5) is 52.0. The minimum absolute atomic E-state index is 0.0579.